The molecule has 22 heavy (non-hydrogen) atoms. The summed E-state index contributed by atoms with van der Waals surface area (Å²) in [5, 5.41) is 0.193. The Balaban J connectivity index is 1.99. The normalized spacial score (nSPS) is 22.6. The number of hydrogen-bond donors (Lipinski definition) is 1. The number of amidine groups is 1. The lowest BCUT2D eigenvalue weighted by atomic mass is 9.88. The van der Waals surface area contributed by atoms with Crippen LogP contribution in [0.1, 0.15) is 44.7 Å². The van der Waals surface area contributed by atoms with Crippen molar-refractivity contribution in [2.75, 3.05) is 6.54 Å². The largest absolute Gasteiger partial charge is 0.321 e. The molecule has 3 nitrogen and oxygen atoms in total. The van der Waals surface area contributed by atoms with Crippen LogP contribution < -0.4 is 5.48 Å². The van der Waals surface area contributed by atoms with Crippen LogP contribution >= 0.6 is 0 Å². The van der Waals surface area contributed by atoms with Crippen LogP contribution in [-0.2, 0) is 4.53 Å². The van der Waals surface area contributed by atoms with Crippen molar-refractivity contribution in [1.82, 2.24) is 5.48 Å². The van der Waals surface area contributed by atoms with Gasteiger partial charge in [0.1, 0.15) is 5.84 Å². The monoisotopic (exact) mass is 318 g/mol. The molecule has 0 saturated carbocycles. The van der Waals surface area contributed by atoms with Gasteiger partial charge in [-0.15, -0.1) is 0 Å². The zero-order valence-corrected chi connectivity index (χ0v) is 16.0. The highest BCUT2D eigenvalue weighted by Crippen LogP contribution is 2.36. The molecule has 0 radical (unpaired) electrons. The minimum absolute atomic E-state index is 0.193. The molecule has 0 bridgehead atoms. The zero-order chi connectivity index (χ0) is 16.5. The second-order valence-electron chi connectivity index (χ2n) is 8.00. The molecule has 0 fully saturated rings. The van der Waals surface area contributed by atoms with Gasteiger partial charge in [-0.1, -0.05) is 57.5 Å². The van der Waals surface area contributed by atoms with Crippen LogP contribution in [0, 0.1) is 12.8 Å². The van der Waals surface area contributed by atoms with Gasteiger partial charge in [0, 0.05) is 18.4 Å². The van der Waals surface area contributed by atoms with Crippen LogP contribution in [0.5, 0.6) is 0 Å². The van der Waals surface area contributed by atoms with Gasteiger partial charge < -0.3 is 4.53 Å². The maximum absolute atomic E-state index is 6.11. The van der Waals surface area contributed by atoms with E-state index in [9.17, 15) is 0 Å². The Morgan fingerprint density at radius 2 is 1.77 bits per heavy atom. The predicted octanol–water partition coefficient (Wildman–Crippen LogP) is 4.65. The highest BCUT2D eigenvalue weighted by molar-refractivity contribution is 6.74. The van der Waals surface area contributed by atoms with E-state index in [4.69, 9.17) is 4.53 Å². The molecule has 0 aromatic heterocycles. The van der Waals surface area contributed by atoms with Crippen molar-refractivity contribution >= 4 is 14.2 Å². The van der Waals surface area contributed by atoms with Gasteiger partial charge in [0.05, 0.1) is 0 Å². The Hall–Kier alpha value is -1.13. The molecule has 0 aliphatic carbocycles. The number of rotatable bonds is 3. The fourth-order valence-corrected chi connectivity index (χ4v) is 3.02. The summed E-state index contributed by atoms with van der Waals surface area (Å²) in [5.41, 5.74) is 5.87. The summed E-state index contributed by atoms with van der Waals surface area (Å²) in [7, 11) is -1.80. The molecular formula is C18H30N2OSi. The number of hydroxylamine groups is 1. The van der Waals surface area contributed by atoms with Gasteiger partial charge >= 0.3 is 0 Å². The van der Waals surface area contributed by atoms with Gasteiger partial charge in [-0.2, -0.15) is 0 Å². The summed E-state index contributed by atoms with van der Waals surface area (Å²) in [5.74, 6) is 1.81. The molecule has 0 saturated heterocycles. The second-order valence-corrected chi connectivity index (χ2v) is 12.7. The number of nitrogens with zero attached hydrogens (tertiary/aromatic N) is 1. The van der Waals surface area contributed by atoms with Gasteiger partial charge in [-0.05, 0) is 30.6 Å². The predicted molar refractivity (Wildman–Crippen MR) is 96.8 cm³/mol. The summed E-state index contributed by atoms with van der Waals surface area (Å²) >= 11 is 0. The Kier molecular flexibility index (Phi) is 4.83. The first-order valence-electron chi connectivity index (χ1n) is 8.17. The van der Waals surface area contributed by atoms with Gasteiger partial charge in [0.2, 0.25) is 8.32 Å². The Morgan fingerprint density at radius 1 is 1.18 bits per heavy atom. The van der Waals surface area contributed by atoms with Gasteiger partial charge in [-0.3, -0.25) is 10.5 Å². The Labute approximate surface area is 136 Å². The second kappa shape index (κ2) is 6.17. The van der Waals surface area contributed by atoms with Crippen molar-refractivity contribution in [2.24, 2.45) is 10.9 Å². The number of nitrogens with one attached hydrogen (secondary N) is 1. The summed E-state index contributed by atoms with van der Waals surface area (Å²) < 4.78 is 6.11. The first-order chi connectivity index (χ1) is 10.1. The molecule has 0 unspecified atom stereocenters. The van der Waals surface area contributed by atoms with E-state index < -0.39 is 8.32 Å². The van der Waals surface area contributed by atoms with Crippen LogP contribution in [0.4, 0.5) is 0 Å². The number of aliphatic imine (C=N–C) groups is 1. The van der Waals surface area contributed by atoms with E-state index in [0.717, 1.165) is 12.4 Å². The molecule has 4 heteroatoms. The van der Waals surface area contributed by atoms with Crippen molar-refractivity contribution in [1.29, 1.82) is 0 Å². The van der Waals surface area contributed by atoms with E-state index in [1.165, 1.54) is 11.1 Å². The molecule has 1 aliphatic heterocycles. The smallest absolute Gasteiger partial charge is 0.228 e. The summed E-state index contributed by atoms with van der Waals surface area (Å²) in [6, 6.07) is 8.81. The minimum atomic E-state index is -1.80. The first kappa shape index (κ1) is 17.2. The van der Waals surface area contributed by atoms with E-state index in [1.54, 1.807) is 0 Å². The average Bonchev–Trinajstić information content (AvgIpc) is 2.78. The SMILES string of the molecule is Cc1ccc([C@@H]2CN=C(NO[Si](C)(C)C(C)(C)C)[C@H]2C)cc1. The lowest BCUT2D eigenvalue weighted by Gasteiger charge is -2.35. The summed E-state index contributed by atoms with van der Waals surface area (Å²) in [4.78, 5) is 4.68. The number of benzene rings is 1. The zero-order valence-electron chi connectivity index (χ0n) is 15.0. The standard InChI is InChI=1S/C18H30N2OSi/c1-13-8-10-15(11-9-13)16-12-19-17(14(16)2)20-21-22(6,7)18(3,4)5/h8-11,14,16H,12H2,1-7H3,(H,19,20)/t14-,16+/m0/s1. The van der Waals surface area contributed by atoms with E-state index in [-0.39, 0.29) is 5.04 Å². The van der Waals surface area contributed by atoms with E-state index >= 15 is 0 Å². The van der Waals surface area contributed by atoms with E-state index in [2.05, 4.69) is 82.5 Å². The van der Waals surface area contributed by atoms with Crippen molar-refractivity contribution in [3.05, 3.63) is 35.4 Å². The fraction of sp³-hybridized carbons (Fsp3) is 0.611. The molecule has 1 aliphatic rings. The van der Waals surface area contributed by atoms with Crippen LogP contribution in [0.3, 0.4) is 0 Å². The number of hydrogen-bond acceptors (Lipinski definition) is 3. The molecular weight excluding hydrogens is 288 g/mol. The van der Waals surface area contributed by atoms with E-state index in [1.807, 2.05) is 0 Å². The molecule has 1 aromatic rings. The highest BCUT2D eigenvalue weighted by Gasteiger charge is 2.39. The molecule has 1 heterocycles. The maximum atomic E-state index is 6.11. The molecule has 2 rings (SSSR count). The molecule has 1 N–H and O–H groups in total. The average molecular weight is 319 g/mol. The highest BCUT2D eigenvalue weighted by atomic mass is 28.4. The van der Waals surface area contributed by atoms with E-state index in [0.29, 0.717) is 11.8 Å². The summed E-state index contributed by atoms with van der Waals surface area (Å²) in [6.07, 6.45) is 0. The van der Waals surface area contributed by atoms with Crippen LogP contribution in [0.15, 0.2) is 29.3 Å². The molecule has 122 valence electrons. The molecule has 1 aromatic carbocycles. The van der Waals surface area contributed by atoms with Crippen molar-refractivity contribution < 1.29 is 4.53 Å². The third-order valence-corrected chi connectivity index (χ3v) is 9.44. The minimum Gasteiger partial charge on any atom is -0.321 e. The Bertz CT molecular complexity index is 543. The van der Waals surface area contributed by atoms with Gasteiger partial charge in [0.15, 0.2) is 0 Å². The van der Waals surface area contributed by atoms with Crippen LogP contribution in [0.2, 0.25) is 18.1 Å². The summed E-state index contributed by atoms with van der Waals surface area (Å²) in [6.45, 7) is 16.4. The molecule has 0 spiro atoms. The topological polar surface area (TPSA) is 33.6 Å². The van der Waals surface area contributed by atoms with Crippen molar-refractivity contribution in [2.45, 2.75) is 58.7 Å². The molecule has 0 amide bonds. The van der Waals surface area contributed by atoms with Crippen LogP contribution in [-0.4, -0.2) is 20.7 Å². The van der Waals surface area contributed by atoms with Gasteiger partial charge in [-0.25, -0.2) is 0 Å². The van der Waals surface area contributed by atoms with Crippen molar-refractivity contribution in [3.63, 3.8) is 0 Å². The van der Waals surface area contributed by atoms with Gasteiger partial charge in [0.25, 0.3) is 0 Å². The molecule has 2 atom stereocenters. The maximum Gasteiger partial charge on any atom is 0.228 e. The number of aryl methyl sites for hydroxylation is 1. The van der Waals surface area contributed by atoms with Crippen LogP contribution in [0.25, 0.3) is 0 Å². The lowest BCUT2D eigenvalue weighted by molar-refractivity contribution is 0.229. The third kappa shape index (κ3) is 3.61. The lowest BCUT2D eigenvalue weighted by Crippen LogP contribution is -2.47. The quantitative estimate of drug-likeness (QED) is 0.650. The fourth-order valence-electron chi connectivity index (χ4n) is 2.36. The Morgan fingerprint density at radius 3 is 2.32 bits per heavy atom. The van der Waals surface area contributed by atoms with Crippen molar-refractivity contribution in [3.8, 4) is 0 Å². The first-order valence-corrected chi connectivity index (χ1v) is 11.1. The third-order valence-electron chi connectivity index (χ3n) is 5.22.